The summed E-state index contributed by atoms with van der Waals surface area (Å²) < 4.78 is 25.2. The Hall–Kier alpha value is -2.70. The quantitative estimate of drug-likeness (QED) is 0.593. The molecule has 1 fully saturated rings. The average Bonchev–Trinajstić information content (AvgIpc) is 2.83. The molecule has 168 valence electrons. The lowest BCUT2D eigenvalue weighted by Gasteiger charge is -2.41. The monoisotopic (exact) mass is 435 g/mol. The second-order valence-corrected chi connectivity index (χ2v) is 8.84. The van der Waals surface area contributed by atoms with Crippen LogP contribution in [0.3, 0.4) is 0 Å². The van der Waals surface area contributed by atoms with Gasteiger partial charge in [-0.3, -0.25) is 9.80 Å². The first-order valence-electron chi connectivity index (χ1n) is 11.4. The van der Waals surface area contributed by atoms with E-state index in [1.807, 2.05) is 18.2 Å². The summed E-state index contributed by atoms with van der Waals surface area (Å²) in [6.45, 7) is 4.83. The summed E-state index contributed by atoms with van der Waals surface area (Å²) in [6, 6.07) is 13.9. The highest BCUT2D eigenvalue weighted by Crippen LogP contribution is 2.34. The van der Waals surface area contributed by atoms with E-state index in [9.17, 15) is 4.39 Å². The third-order valence-electron chi connectivity index (χ3n) is 6.86. The van der Waals surface area contributed by atoms with Crippen LogP contribution >= 0.6 is 0 Å². The Labute approximate surface area is 188 Å². The van der Waals surface area contributed by atoms with E-state index < -0.39 is 0 Å². The highest BCUT2D eigenvalue weighted by atomic mass is 19.1. The van der Waals surface area contributed by atoms with Gasteiger partial charge in [-0.15, -0.1) is 0 Å². The predicted molar refractivity (Wildman–Crippen MR) is 124 cm³/mol. The zero-order valence-electron chi connectivity index (χ0n) is 18.8. The van der Waals surface area contributed by atoms with Crippen molar-refractivity contribution in [1.82, 2.24) is 14.8 Å². The van der Waals surface area contributed by atoms with Crippen molar-refractivity contribution in [2.45, 2.75) is 38.4 Å². The van der Waals surface area contributed by atoms with Crippen LogP contribution in [-0.2, 0) is 19.5 Å². The van der Waals surface area contributed by atoms with Gasteiger partial charge < -0.3 is 9.47 Å². The number of benzene rings is 2. The molecule has 3 heterocycles. The van der Waals surface area contributed by atoms with Crippen LogP contribution in [0.15, 0.2) is 42.5 Å². The van der Waals surface area contributed by atoms with Gasteiger partial charge in [0.05, 0.1) is 19.9 Å². The van der Waals surface area contributed by atoms with E-state index in [0.717, 1.165) is 61.7 Å². The zero-order valence-corrected chi connectivity index (χ0v) is 18.8. The van der Waals surface area contributed by atoms with Crippen LogP contribution in [0, 0.1) is 5.82 Å². The minimum Gasteiger partial charge on any atom is -0.493 e. The van der Waals surface area contributed by atoms with Crippen molar-refractivity contribution in [3.05, 3.63) is 65.1 Å². The largest absolute Gasteiger partial charge is 0.493 e. The molecule has 3 aromatic rings. The molecular formula is C26H30FN3O2. The lowest BCUT2D eigenvalue weighted by molar-refractivity contribution is 0.0831. The van der Waals surface area contributed by atoms with E-state index in [-0.39, 0.29) is 5.82 Å². The first-order valence-corrected chi connectivity index (χ1v) is 11.4. The van der Waals surface area contributed by atoms with Crippen molar-refractivity contribution < 1.29 is 13.9 Å². The molecule has 32 heavy (non-hydrogen) atoms. The van der Waals surface area contributed by atoms with Gasteiger partial charge >= 0.3 is 0 Å². The van der Waals surface area contributed by atoms with Gasteiger partial charge in [0, 0.05) is 37.6 Å². The van der Waals surface area contributed by atoms with Gasteiger partial charge in [-0.05, 0) is 61.2 Å². The van der Waals surface area contributed by atoms with Crippen LogP contribution in [-0.4, -0.2) is 54.7 Å². The molecule has 2 aromatic carbocycles. The second kappa shape index (κ2) is 9.04. The van der Waals surface area contributed by atoms with E-state index in [4.69, 9.17) is 9.47 Å². The highest BCUT2D eigenvalue weighted by molar-refractivity contribution is 5.79. The molecule has 0 spiro atoms. The second-order valence-electron chi connectivity index (χ2n) is 8.84. The number of pyridine rings is 1. The van der Waals surface area contributed by atoms with Crippen LogP contribution < -0.4 is 9.47 Å². The van der Waals surface area contributed by atoms with Crippen molar-refractivity contribution in [3.8, 4) is 11.5 Å². The van der Waals surface area contributed by atoms with Crippen LogP contribution in [0.5, 0.6) is 11.5 Å². The third-order valence-corrected chi connectivity index (χ3v) is 6.86. The van der Waals surface area contributed by atoms with E-state index in [1.165, 1.54) is 30.0 Å². The summed E-state index contributed by atoms with van der Waals surface area (Å²) in [6.07, 6.45) is 3.40. The number of aromatic nitrogens is 1. The maximum atomic E-state index is 14.2. The number of piperidine rings is 1. The molecule has 6 heteroatoms. The molecule has 1 saturated heterocycles. The molecular weight excluding hydrogens is 405 g/mol. The summed E-state index contributed by atoms with van der Waals surface area (Å²) in [7, 11) is 3.38. The molecule has 1 atom stereocenters. The molecule has 0 bridgehead atoms. The number of hydrogen-bond donors (Lipinski definition) is 0. The number of fused-ring (bicyclic) bond motifs is 2. The normalized spacial score (nSPS) is 19.7. The lowest BCUT2D eigenvalue weighted by Crippen LogP contribution is -2.49. The van der Waals surface area contributed by atoms with Gasteiger partial charge in [0.25, 0.3) is 0 Å². The number of likely N-dealkylation sites (tertiary alicyclic amines) is 1. The number of para-hydroxylation sites is 1. The summed E-state index contributed by atoms with van der Waals surface area (Å²) >= 11 is 0. The van der Waals surface area contributed by atoms with Gasteiger partial charge in [0.1, 0.15) is 11.3 Å². The SMILES string of the molecule is COc1cc2c(cc1OC)CN(C1CCCN(Cc3ccc4cccc(F)c4n3)C1)CC2. The third kappa shape index (κ3) is 4.17. The molecule has 0 radical (unpaired) electrons. The molecule has 5 nitrogen and oxygen atoms in total. The zero-order chi connectivity index (χ0) is 22.1. The Bertz CT molecular complexity index is 1120. The maximum absolute atomic E-state index is 14.2. The summed E-state index contributed by atoms with van der Waals surface area (Å²) in [5.41, 5.74) is 4.09. The standard InChI is InChI=1S/C26H30FN3O2/c1-31-24-13-19-10-12-30(15-20(19)14-25(24)32-2)22-6-4-11-29(17-22)16-21-9-8-18-5-3-7-23(27)26(18)28-21/h3,5,7-9,13-14,22H,4,6,10-12,15-17H2,1-2H3. The Morgan fingerprint density at radius 3 is 2.66 bits per heavy atom. The fourth-order valence-electron chi connectivity index (χ4n) is 5.16. The Morgan fingerprint density at radius 1 is 1.03 bits per heavy atom. The average molecular weight is 436 g/mol. The van der Waals surface area contributed by atoms with Gasteiger partial charge in [-0.2, -0.15) is 0 Å². The van der Waals surface area contributed by atoms with E-state index in [1.54, 1.807) is 20.3 Å². The van der Waals surface area contributed by atoms with Crippen molar-refractivity contribution in [3.63, 3.8) is 0 Å². The minimum atomic E-state index is -0.250. The molecule has 2 aliphatic rings. The van der Waals surface area contributed by atoms with Crippen molar-refractivity contribution >= 4 is 10.9 Å². The van der Waals surface area contributed by atoms with Crippen LogP contribution in [0.4, 0.5) is 4.39 Å². The van der Waals surface area contributed by atoms with Crippen LogP contribution in [0.2, 0.25) is 0 Å². The molecule has 0 aliphatic carbocycles. The maximum Gasteiger partial charge on any atom is 0.161 e. The van der Waals surface area contributed by atoms with Crippen molar-refractivity contribution in [2.75, 3.05) is 33.9 Å². The topological polar surface area (TPSA) is 37.8 Å². The van der Waals surface area contributed by atoms with E-state index >= 15 is 0 Å². The number of methoxy groups -OCH3 is 2. The molecule has 2 aliphatic heterocycles. The molecule has 1 aromatic heterocycles. The van der Waals surface area contributed by atoms with Crippen LogP contribution in [0.1, 0.15) is 29.7 Å². The van der Waals surface area contributed by atoms with Gasteiger partial charge in [-0.25, -0.2) is 9.37 Å². The fourth-order valence-corrected chi connectivity index (χ4v) is 5.16. The van der Waals surface area contributed by atoms with Gasteiger partial charge in [-0.1, -0.05) is 18.2 Å². The van der Waals surface area contributed by atoms with Crippen molar-refractivity contribution in [1.29, 1.82) is 0 Å². The molecule has 1 unspecified atom stereocenters. The number of rotatable bonds is 5. The number of halogens is 1. The summed E-state index contributed by atoms with van der Waals surface area (Å²) in [5.74, 6) is 1.36. The fraction of sp³-hybridized carbons (Fsp3) is 0.423. The van der Waals surface area contributed by atoms with Gasteiger partial charge in [0.15, 0.2) is 11.5 Å². The summed E-state index contributed by atoms with van der Waals surface area (Å²) in [4.78, 5) is 9.69. The molecule has 0 amide bonds. The highest BCUT2D eigenvalue weighted by Gasteiger charge is 2.29. The van der Waals surface area contributed by atoms with Gasteiger partial charge in [0.2, 0.25) is 0 Å². The first-order chi connectivity index (χ1) is 15.6. The minimum absolute atomic E-state index is 0.250. The molecule has 0 saturated carbocycles. The summed E-state index contributed by atoms with van der Waals surface area (Å²) in [5, 5.41) is 0.851. The molecule has 5 rings (SSSR count). The van der Waals surface area contributed by atoms with E-state index in [0.29, 0.717) is 11.6 Å². The van der Waals surface area contributed by atoms with Crippen LogP contribution in [0.25, 0.3) is 10.9 Å². The lowest BCUT2D eigenvalue weighted by atomic mass is 9.95. The Morgan fingerprint density at radius 2 is 1.84 bits per heavy atom. The smallest absolute Gasteiger partial charge is 0.161 e. The predicted octanol–water partition coefficient (Wildman–Crippen LogP) is 4.41. The molecule has 0 N–H and O–H groups in total. The number of ether oxygens (including phenoxy) is 2. The Balaban J connectivity index is 1.28. The Kier molecular flexibility index (Phi) is 5.98. The number of nitrogens with zero attached hydrogens (tertiary/aromatic N) is 3. The van der Waals surface area contributed by atoms with E-state index in [2.05, 4.69) is 26.9 Å². The first kappa shape index (κ1) is 21.2. The number of hydrogen-bond acceptors (Lipinski definition) is 5. The van der Waals surface area contributed by atoms with Crippen molar-refractivity contribution in [2.24, 2.45) is 0 Å².